The van der Waals surface area contributed by atoms with Crippen molar-refractivity contribution in [3.63, 3.8) is 0 Å². The smallest absolute Gasteiger partial charge is 0.242 e. The number of halogens is 1. The lowest BCUT2D eigenvalue weighted by Crippen LogP contribution is -2.53. The second-order valence-electron chi connectivity index (χ2n) is 6.62. The van der Waals surface area contributed by atoms with Gasteiger partial charge in [-0.05, 0) is 49.3 Å². The summed E-state index contributed by atoms with van der Waals surface area (Å²) in [5, 5.41) is 0. The largest absolute Gasteiger partial charge is 0.336 e. The molecular weight excluding hydrogens is 267 g/mol. The molecule has 0 bridgehead atoms. The number of nitrogens with zero attached hydrogens (tertiary/aromatic N) is 1. The van der Waals surface area contributed by atoms with Crippen LogP contribution in [0.25, 0.3) is 0 Å². The highest BCUT2D eigenvalue weighted by molar-refractivity contribution is 5.86. The van der Waals surface area contributed by atoms with E-state index in [1.54, 1.807) is 12.1 Å². The molecule has 2 N–H and O–H groups in total. The number of carbonyl (C=O) groups is 1. The minimum Gasteiger partial charge on any atom is -0.336 e. The molecule has 0 atom stereocenters. The molecule has 0 aromatic heterocycles. The summed E-state index contributed by atoms with van der Waals surface area (Å²) in [6, 6.07) is 6.40. The molecule has 3 rings (SSSR count). The van der Waals surface area contributed by atoms with Crippen molar-refractivity contribution in [1.29, 1.82) is 0 Å². The summed E-state index contributed by atoms with van der Waals surface area (Å²) < 4.78 is 13.0. The van der Waals surface area contributed by atoms with E-state index in [1.165, 1.54) is 25.0 Å². The first kappa shape index (κ1) is 14.5. The van der Waals surface area contributed by atoms with Crippen LogP contribution in [0, 0.1) is 11.7 Å². The van der Waals surface area contributed by atoms with E-state index in [0.29, 0.717) is 12.5 Å². The van der Waals surface area contributed by atoms with E-state index in [1.807, 2.05) is 4.90 Å². The predicted octanol–water partition coefficient (Wildman–Crippen LogP) is 2.84. The van der Waals surface area contributed by atoms with Crippen LogP contribution in [0.3, 0.4) is 0 Å². The molecule has 1 amide bonds. The van der Waals surface area contributed by atoms with Crippen LogP contribution in [-0.4, -0.2) is 22.9 Å². The Labute approximate surface area is 125 Å². The van der Waals surface area contributed by atoms with Gasteiger partial charge >= 0.3 is 0 Å². The summed E-state index contributed by atoms with van der Waals surface area (Å²) in [6.45, 7) is 1.32. The molecule has 3 nitrogen and oxygen atoms in total. The zero-order chi connectivity index (χ0) is 14.9. The van der Waals surface area contributed by atoms with E-state index in [-0.39, 0.29) is 11.7 Å². The molecule has 0 spiro atoms. The van der Waals surface area contributed by atoms with Gasteiger partial charge in [0.15, 0.2) is 0 Å². The normalized spacial score (nSPS) is 20.5. The molecule has 0 saturated heterocycles. The van der Waals surface area contributed by atoms with Gasteiger partial charge in [0.2, 0.25) is 5.91 Å². The molecule has 2 aliphatic rings. The third-order valence-corrected chi connectivity index (χ3v) is 4.67. The van der Waals surface area contributed by atoms with Crippen molar-refractivity contribution in [2.75, 3.05) is 6.54 Å². The number of carbonyl (C=O) groups excluding carboxylic acids is 1. The minimum atomic E-state index is -0.672. The monoisotopic (exact) mass is 290 g/mol. The molecule has 2 saturated carbocycles. The Morgan fingerprint density at radius 1 is 1.24 bits per heavy atom. The Morgan fingerprint density at radius 3 is 2.43 bits per heavy atom. The maximum atomic E-state index is 13.0. The molecule has 0 heterocycles. The number of rotatable bonds is 5. The third-order valence-electron chi connectivity index (χ3n) is 4.67. The van der Waals surface area contributed by atoms with E-state index in [9.17, 15) is 9.18 Å². The van der Waals surface area contributed by atoms with Gasteiger partial charge < -0.3 is 10.6 Å². The van der Waals surface area contributed by atoms with Crippen molar-refractivity contribution in [3.05, 3.63) is 35.6 Å². The van der Waals surface area contributed by atoms with Crippen molar-refractivity contribution >= 4 is 5.91 Å². The van der Waals surface area contributed by atoms with Crippen LogP contribution in [0.4, 0.5) is 4.39 Å². The molecule has 1 aromatic carbocycles. The molecule has 1 aromatic rings. The van der Waals surface area contributed by atoms with E-state index in [2.05, 4.69) is 0 Å². The summed E-state index contributed by atoms with van der Waals surface area (Å²) in [4.78, 5) is 14.7. The van der Waals surface area contributed by atoms with Crippen molar-refractivity contribution in [2.45, 2.75) is 50.6 Å². The summed E-state index contributed by atoms with van der Waals surface area (Å²) in [7, 11) is 0. The summed E-state index contributed by atoms with van der Waals surface area (Å²) >= 11 is 0. The first-order valence-corrected chi connectivity index (χ1v) is 7.89. The Balaban J connectivity index is 1.73. The SMILES string of the molecule is NC1(C(=O)N(Cc2ccc(F)cc2)CC2CC2)CCCC1. The van der Waals surface area contributed by atoms with Gasteiger partial charge in [-0.15, -0.1) is 0 Å². The summed E-state index contributed by atoms with van der Waals surface area (Å²) in [6.07, 6.45) is 6.05. The molecule has 2 aliphatic carbocycles. The average Bonchev–Trinajstić information content (AvgIpc) is 3.18. The molecule has 2 fully saturated rings. The van der Waals surface area contributed by atoms with Crippen LogP contribution < -0.4 is 5.73 Å². The van der Waals surface area contributed by atoms with Crippen LogP contribution in [0.1, 0.15) is 44.1 Å². The Hall–Kier alpha value is -1.42. The van der Waals surface area contributed by atoms with E-state index in [0.717, 1.165) is 37.8 Å². The second-order valence-corrected chi connectivity index (χ2v) is 6.62. The molecule has 114 valence electrons. The predicted molar refractivity (Wildman–Crippen MR) is 79.9 cm³/mol. The summed E-state index contributed by atoms with van der Waals surface area (Å²) in [5.74, 6) is 0.459. The fraction of sp³-hybridized carbons (Fsp3) is 0.588. The number of hydrogen-bond acceptors (Lipinski definition) is 2. The zero-order valence-electron chi connectivity index (χ0n) is 12.4. The van der Waals surface area contributed by atoms with Gasteiger partial charge in [-0.3, -0.25) is 4.79 Å². The van der Waals surface area contributed by atoms with Crippen LogP contribution in [0.5, 0.6) is 0 Å². The lowest BCUT2D eigenvalue weighted by molar-refractivity contribution is -0.137. The lowest BCUT2D eigenvalue weighted by atomic mass is 9.96. The third kappa shape index (κ3) is 3.43. The van der Waals surface area contributed by atoms with E-state index < -0.39 is 5.54 Å². The van der Waals surface area contributed by atoms with Gasteiger partial charge in [0.1, 0.15) is 5.82 Å². The number of amides is 1. The Morgan fingerprint density at radius 2 is 1.86 bits per heavy atom. The zero-order valence-corrected chi connectivity index (χ0v) is 12.4. The summed E-state index contributed by atoms with van der Waals surface area (Å²) in [5.41, 5.74) is 6.62. The Bertz CT molecular complexity index is 504. The van der Waals surface area contributed by atoms with Gasteiger partial charge in [0, 0.05) is 13.1 Å². The molecule has 4 heteroatoms. The molecule has 0 radical (unpaired) electrons. The van der Waals surface area contributed by atoms with E-state index >= 15 is 0 Å². The van der Waals surface area contributed by atoms with Crippen LogP contribution in [-0.2, 0) is 11.3 Å². The highest BCUT2D eigenvalue weighted by atomic mass is 19.1. The highest BCUT2D eigenvalue weighted by Gasteiger charge is 2.41. The number of hydrogen-bond donors (Lipinski definition) is 1. The molecular formula is C17H23FN2O. The standard InChI is InChI=1S/C17H23FN2O/c18-15-7-5-14(6-8-15)12-20(11-13-3-4-13)16(21)17(19)9-1-2-10-17/h5-8,13H,1-4,9-12,19H2. The highest BCUT2D eigenvalue weighted by Crippen LogP contribution is 2.33. The average molecular weight is 290 g/mol. The first-order valence-electron chi connectivity index (χ1n) is 7.89. The van der Waals surface area contributed by atoms with Crippen LogP contribution in [0.15, 0.2) is 24.3 Å². The van der Waals surface area contributed by atoms with Crippen molar-refractivity contribution in [3.8, 4) is 0 Å². The molecule has 21 heavy (non-hydrogen) atoms. The van der Waals surface area contributed by atoms with Crippen molar-refractivity contribution in [1.82, 2.24) is 4.90 Å². The molecule has 0 unspecified atom stereocenters. The Kier molecular flexibility index (Phi) is 3.98. The van der Waals surface area contributed by atoms with Gasteiger partial charge in [-0.2, -0.15) is 0 Å². The fourth-order valence-electron chi connectivity index (χ4n) is 3.18. The van der Waals surface area contributed by atoms with Gasteiger partial charge in [-0.1, -0.05) is 25.0 Å². The topological polar surface area (TPSA) is 46.3 Å². The molecule has 0 aliphatic heterocycles. The lowest BCUT2D eigenvalue weighted by Gasteiger charge is -2.32. The van der Waals surface area contributed by atoms with Gasteiger partial charge in [-0.25, -0.2) is 4.39 Å². The van der Waals surface area contributed by atoms with E-state index in [4.69, 9.17) is 5.73 Å². The van der Waals surface area contributed by atoms with Gasteiger partial charge in [0.25, 0.3) is 0 Å². The minimum absolute atomic E-state index is 0.0798. The van der Waals surface area contributed by atoms with Gasteiger partial charge in [0.05, 0.1) is 5.54 Å². The van der Waals surface area contributed by atoms with Crippen molar-refractivity contribution in [2.24, 2.45) is 11.7 Å². The van der Waals surface area contributed by atoms with Crippen LogP contribution >= 0.6 is 0 Å². The number of nitrogens with two attached hydrogens (primary N) is 1. The maximum Gasteiger partial charge on any atom is 0.242 e. The fourth-order valence-corrected chi connectivity index (χ4v) is 3.18. The van der Waals surface area contributed by atoms with Crippen LogP contribution in [0.2, 0.25) is 0 Å². The quantitative estimate of drug-likeness (QED) is 0.906. The maximum absolute atomic E-state index is 13.0. The number of benzene rings is 1. The van der Waals surface area contributed by atoms with Crippen molar-refractivity contribution < 1.29 is 9.18 Å². The first-order chi connectivity index (χ1) is 10.1. The second kappa shape index (κ2) is 5.76.